The molecule has 1 saturated carbocycles. The van der Waals surface area contributed by atoms with E-state index >= 15 is 0 Å². The maximum Gasteiger partial charge on any atom is 0.137 e. The normalized spacial score (nSPS) is 28.4. The Morgan fingerprint density at radius 3 is 2.88 bits per heavy atom. The van der Waals surface area contributed by atoms with Gasteiger partial charge < -0.3 is 4.90 Å². The average Bonchev–Trinajstić information content (AvgIpc) is 2.23. The Kier molecular flexibility index (Phi) is 5.84. The molecule has 1 aliphatic carbocycles. The quantitative estimate of drug-likeness (QED) is 0.740. The second kappa shape index (κ2) is 6.65. The standard InChI is InChI=1S/C13H25NOS/c1-10-5-6-13(15)12(7-10)8-14(3)11(2)9-16-4/h10-12H,5-9H2,1-4H3. The van der Waals surface area contributed by atoms with Crippen molar-refractivity contribution in [1.29, 1.82) is 0 Å². The molecular formula is C13H25NOS. The lowest BCUT2D eigenvalue weighted by Gasteiger charge is -2.32. The molecule has 0 heterocycles. The predicted molar refractivity (Wildman–Crippen MR) is 72.0 cm³/mol. The lowest BCUT2D eigenvalue weighted by molar-refractivity contribution is -0.126. The molecule has 2 nitrogen and oxygen atoms in total. The van der Waals surface area contributed by atoms with Crippen molar-refractivity contribution in [3.63, 3.8) is 0 Å². The highest BCUT2D eigenvalue weighted by molar-refractivity contribution is 7.98. The van der Waals surface area contributed by atoms with Gasteiger partial charge in [-0.25, -0.2) is 0 Å². The van der Waals surface area contributed by atoms with Crippen LogP contribution in [-0.4, -0.2) is 42.3 Å². The fraction of sp³-hybridized carbons (Fsp3) is 0.923. The van der Waals surface area contributed by atoms with Gasteiger partial charge in [-0.15, -0.1) is 0 Å². The molecule has 1 rings (SSSR count). The molecule has 1 aliphatic rings. The van der Waals surface area contributed by atoms with Gasteiger partial charge in [-0.2, -0.15) is 11.8 Å². The lowest BCUT2D eigenvalue weighted by atomic mass is 9.81. The van der Waals surface area contributed by atoms with Crippen molar-refractivity contribution in [2.24, 2.45) is 11.8 Å². The summed E-state index contributed by atoms with van der Waals surface area (Å²) in [4.78, 5) is 14.2. The minimum atomic E-state index is 0.290. The summed E-state index contributed by atoms with van der Waals surface area (Å²) in [6.07, 6.45) is 5.13. The van der Waals surface area contributed by atoms with E-state index in [1.54, 1.807) is 0 Å². The van der Waals surface area contributed by atoms with Crippen LogP contribution in [0.15, 0.2) is 0 Å². The van der Waals surface area contributed by atoms with Gasteiger partial charge in [0.15, 0.2) is 0 Å². The highest BCUT2D eigenvalue weighted by Gasteiger charge is 2.28. The summed E-state index contributed by atoms with van der Waals surface area (Å²) in [5.74, 6) is 2.65. The van der Waals surface area contributed by atoms with Crippen molar-refractivity contribution in [3.8, 4) is 0 Å². The molecule has 0 bridgehead atoms. The van der Waals surface area contributed by atoms with Crippen molar-refractivity contribution >= 4 is 17.5 Å². The van der Waals surface area contributed by atoms with Gasteiger partial charge in [-0.3, -0.25) is 4.79 Å². The van der Waals surface area contributed by atoms with Gasteiger partial charge in [0.2, 0.25) is 0 Å². The molecule has 16 heavy (non-hydrogen) atoms. The molecular weight excluding hydrogens is 218 g/mol. The van der Waals surface area contributed by atoms with E-state index in [4.69, 9.17) is 0 Å². The van der Waals surface area contributed by atoms with Crippen LogP contribution < -0.4 is 0 Å². The number of thioether (sulfide) groups is 1. The van der Waals surface area contributed by atoms with Crippen molar-refractivity contribution in [3.05, 3.63) is 0 Å². The summed E-state index contributed by atoms with van der Waals surface area (Å²) in [5.41, 5.74) is 0. The topological polar surface area (TPSA) is 20.3 Å². The first-order chi connectivity index (χ1) is 7.54. The molecule has 0 amide bonds. The minimum Gasteiger partial charge on any atom is -0.302 e. The van der Waals surface area contributed by atoms with E-state index < -0.39 is 0 Å². The third kappa shape index (κ3) is 4.10. The first-order valence-corrected chi connectivity index (χ1v) is 7.65. The Morgan fingerprint density at radius 1 is 1.56 bits per heavy atom. The first kappa shape index (κ1) is 14.0. The highest BCUT2D eigenvalue weighted by Crippen LogP contribution is 2.26. The first-order valence-electron chi connectivity index (χ1n) is 6.26. The van der Waals surface area contributed by atoms with Gasteiger partial charge in [-0.05, 0) is 39.0 Å². The van der Waals surface area contributed by atoms with Gasteiger partial charge in [-0.1, -0.05) is 6.92 Å². The Labute approximate surface area is 104 Å². The van der Waals surface area contributed by atoms with Crippen LogP contribution in [0, 0.1) is 11.8 Å². The third-order valence-corrected chi connectivity index (χ3v) is 4.51. The van der Waals surface area contributed by atoms with Gasteiger partial charge in [0.25, 0.3) is 0 Å². The minimum absolute atomic E-state index is 0.290. The molecule has 1 fully saturated rings. The number of carbonyl (C=O) groups excluding carboxylic acids is 1. The Bertz CT molecular complexity index is 232. The largest absolute Gasteiger partial charge is 0.302 e. The maximum absolute atomic E-state index is 11.8. The summed E-state index contributed by atoms with van der Waals surface area (Å²) >= 11 is 1.87. The van der Waals surface area contributed by atoms with Crippen molar-refractivity contribution in [1.82, 2.24) is 4.90 Å². The van der Waals surface area contributed by atoms with Gasteiger partial charge in [0, 0.05) is 30.7 Å². The van der Waals surface area contributed by atoms with E-state index in [-0.39, 0.29) is 5.92 Å². The molecule has 0 aliphatic heterocycles. The van der Waals surface area contributed by atoms with Gasteiger partial charge in [0.1, 0.15) is 5.78 Å². The van der Waals surface area contributed by atoms with Crippen LogP contribution in [-0.2, 0) is 4.79 Å². The van der Waals surface area contributed by atoms with E-state index in [0.717, 1.165) is 37.5 Å². The van der Waals surface area contributed by atoms with Crippen LogP contribution in [0.2, 0.25) is 0 Å². The number of hydrogen-bond acceptors (Lipinski definition) is 3. The number of nitrogens with zero attached hydrogens (tertiary/aromatic N) is 1. The average molecular weight is 243 g/mol. The predicted octanol–water partition coefficient (Wildman–Crippen LogP) is 2.68. The second-order valence-electron chi connectivity index (χ2n) is 5.29. The summed E-state index contributed by atoms with van der Waals surface area (Å²) in [6.45, 7) is 5.46. The third-order valence-electron chi connectivity index (χ3n) is 3.69. The molecule has 0 spiro atoms. The zero-order chi connectivity index (χ0) is 12.1. The van der Waals surface area contributed by atoms with Crippen LogP contribution in [0.25, 0.3) is 0 Å². The molecule has 3 heteroatoms. The second-order valence-corrected chi connectivity index (χ2v) is 6.20. The van der Waals surface area contributed by atoms with E-state index in [9.17, 15) is 4.79 Å². The van der Waals surface area contributed by atoms with Crippen LogP contribution in [0.3, 0.4) is 0 Å². The van der Waals surface area contributed by atoms with E-state index in [0.29, 0.717) is 11.8 Å². The Morgan fingerprint density at radius 2 is 2.25 bits per heavy atom. The molecule has 0 aromatic carbocycles. The summed E-state index contributed by atoms with van der Waals surface area (Å²) in [6, 6.07) is 0.569. The molecule has 3 atom stereocenters. The van der Waals surface area contributed by atoms with Crippen molar-refractivity contribution < 1.29 is 4.79 Å². The summed E-state index contributed by atoms with van der Waals surface area (Å²) in [5, 5.41) is 0. The van der Waals surface area contributed by atoms with Crippen LogP contribution in [0.4, 0.5) is 0 Å². The Balaban J connectivity index is 2.42. The molecule has 0 N–H and O–H groups in total. The zero-order valence-corrected chi connectivity index (χ0v) is 11.8. The zero-order valence-electron chi connectivity index (χ0n) is 11.0. The smallest absolute Gasteiger partial charge is 0.137 e. The molecule has 3 unspecified atom stereocenters. The SMILES string of the molecule is CSCC(C)N(C)CC1CC(C)CCC1=O. The van der Waals surface area contributed by atoms with Crippen molar-refractivity contribution in [2.45, 2.75) is 39.2 Å². The molecule has 94 valence electrons. The number of hydrogen-bond donors (Lipinski definition) is 0. The molecule has 0 radical (unpaired) electrons. The summed E-state index contributed by atoms with van der Waals surface area (Å²) < 4.78 is 0. The van der Waals surface area contributed by atoms with Crippen molar-refractivity contribution in [2.75, 3.05) is 25.6 Å². The van der Waals surface area contributed by atoms with E-state index in [1.807, 2.05) is 11.8 Å². The fourth-order valence-corrected chi connectivity index (χ4v) is 3.14. The number of ketones is 1. The molecule has 0 aromatic rings. The van der Waals surface area contributed by atoms with E-state index in [1.165, 1.54) is 0 Å². The van der Waals surface area contributed by atoms with Crippen LogP contribution >= 0.6 is 11.8 Å². The molecule has 0 saturated heterocycles. The number of rotatable bonds is 5. The van der Waals surface area contributed by atoms with Crippen LogP contribution in [0.5, 0.6) is 0 Å². The maximum atomic E-state index is 11.8. The lowest BCUT2D eigenvalue weighted by Crippen LogP contribution is -2.39. The van der Waals surface area contributed by atoms with Gasteiger partial charge >= 0.3 is 0 Å². The van der Waals surface area contributed by atoms with E-state index in [2.05, 4.69) is 32.1 Å². The van der Waals surface area contributed by atoms with Gasteiger partial charge in [0.05, 0.1) is 0 Å². The Hall–Kier alpha value is -0.0200. The number of Topliss-reactive ketones (excluding diaryl/α,β-unsaturated/α-hetero) is 1. The number of carbonyl (C=O) groups is 1. The summed E-state index contributed by atoms with van der Waals surface area (Å²) in [7, 11) is 2.15. The highest BCUT2D eigenvalue weighted by atomic mass is 32.2. The fourth-order valence-electron chi connectivity index (χ4n) is 2.40. The molecule has 0 aromatic heterocycles. The monoisotopic (exact) mass is 243 g/mol. The van der Waals surface area contributed by atoms with Crippen LogP contribution in [0.1, 0.15) is 33.1 Å².